The van der Waals surface area contributed by atoms with Crippen LogP contribution in [-0.4, -0.2) is 17.5 Å². The summed E-state index contributed by atoms with van der Waals surface area (Å²) in [5.74, 6) is 0.845. The van der Waals surface area contributed by atoms with Crippen LogP contribution < -0.4 is 5.73 Å². The molecule has 3 N–H and O–H groups in total. The lowest BCUT2D eigenvalue weighted by Crippen LogP contribution is -1.97. The summed E-state index contributed by atoms with van der Waals surface area (Å²) in [5.41, 5.74) is 6.59. The highest BCUT2D eigenvalue weighted by atomic mass is 32.2. The first kappa shape index (κ1) is 10.3. The number of hydrogen-bond donors (Lipinski definition) is 2. The molecule has 0 aliphatic rings. The number of aliphatic hydroxyl groups excluding tert-OH is 1. The van der Waals surface area contributed by atoms with Gasteiger partial charge in [0.25, 0.3) is 0 Å². The lowest BCUT2D eigenvalue weighted by molar-refractivity contribution is 0.322. The molecule has 72 valence electrons. The van der Waals surface area contributed by atoms with Gasteiger partial charge in [-0.25, -0.2) is 4.39 Å². The van der Waals surface area contributed by atoms with Crippen LogP contribution in [0.3, 0.4) is 0 Å². The van der Waals surface area contributed by atoms with Crippen molar-refractivity contribution in [2.75, 3.05) is 18.1 Å². The maximum atomic E-state index is 13.1. The van der Waals surface area contributed by atoms with Crippen molar-refractivity contribution in [1.82, 2.24) is 0 Å². The quantitative estimate of drug-likeness (QED) is 0.575. The van der Waals surface area contributed by atoms with Crippen LogP contribution in [-0.2, 0) is 5.75 Å². The molecule has 0 fully saturated rings. The number of anilines is 1. The van der Waals surface area contributed by atoms with E-state index in [4.69, 9.17) is 10.8 Å². The van der Waals surface area contributed by atoms with Gasteiger partial charge in [0, 0.05) is 22.8 Å². The van der Waals surface area contributed by atoms with Crippen LogP contribution in [0.15, 0.2) is 18.2 Å². The van der Waals surface area contributed by atoms with E-state index in [1.807, 2.05) is 0 Å². The topological polar surface area (TPSA) is 46.2 Å². The number of aliphatic hydroxyl groups is 1. The summed E-state index contributed by atoms with van der Waals surface area (Å²) >= 11 is 1.46. The lowest BCUT2D eigenvalue weighted by atomic mass is 10.2. The Labute approximate surface area is 80.9 Å². The Balaban J connectivity index is 2.64. The van der Waals surface area contributed by atoms with Gasteiger partial charge in [-0.2, -0.15) is 11.8 Å². The van der Waals surface area contributed by atoms with Crippen LogP contribution in [0.25, 0.3) is 0 Å². The van der Waals surface area contributed by atoms with Crippen LogP contribution in [0.4, 0.5) is 10.1 Å². The summed E-state index contributed by atoms with van der Waals surface area (Å²) in [4.78, 5) is 0. The Hall–Kier alpha value is -0.740. The lowest BCUT2D eigenvalue weighted by Gasteiger charge is -2.05. The first-order valence-corrected chi connectivity index (χ1v) is 5.12. The number of halogens is 1. The SMILES string of the molecule is Nc1cccc(F)c1CSCCO. The molecule has 0 heterocycles. The number of benzene rings is 1. The van der Waals surface area contributed by atoms with Crippen molar-refractivity contribution in [3.05, 3.63) is 29.6 Å². The fraction of sp³-hybridized carbons (Fsp3) is 0.333. The van der Waals surface area contributed by atoms with Gasteiger partial charge >= 0.3 is 0 Å². The van der Waals surface area contributed by atoms with E-state index in [2.05, 4.69) is 0 Å². The summed E-state index contributed by atoms with van der Waals surface area (Å²) in [5, 5.41) is 8.54. The van der Waals surface area contributed by atoms with E-state index in [9.17, 15) is 4.39 Å². The first-order valence-electron chi connectivity index (χ1n) is 3.97. The number of nitrogen functional groups attached to an aromatic ring is 1. The highest BCUT2D eigenvalue weighted by Crippen LogP contribution is 2.21. The highest BCUT2D eigenvalue weighted by molar-refractivity contribution is 7.98. The van der Waals surface area contributed by atoms with Crippen LogP contribution in [0.1, 0.15) is 5.56 Å². The fourth-order valence-electron chi connectivity index (χ4n) is 0.966. The summed E-state index contributed by atoms with van der Waals surface area (Å²) in [6.45, 7) is 0.110. The number of rotatable bonds is 4. The monoisotopic (exact) mass is 201 g/mol. The van der Waals surface area contributed by atoms with Gasteiger partial charge in [-0.15, -0.1) is 0 Å². The van der Waals surface area contributed by atoms with E-state index in [0.29, 0.717) is 22.8 Å². The predicted octanol–water partition coefficient (Wildman–Crippen LogP) is 1.63. The maximum absolute atomic E-state index is 13.1. The Morgan fingerprint density at radius 1 is 1.46 bits per heavy atom. The second-order valence-electron chi connectivity index (χ2n) is 2.58. The molecule has 0 aromatic heterocycles. The van der Waals surface area contributed by atoms with Crippen molar-refractivity contribution < 1.29 is 9.50 Å². The third kappa shape index (κ3) is 2.90. The first-order chi connectivity index (χ1) is 6.25. The summed E-state index contributed by atoms with van der Waals surface area (Å²) < 4.78 is 13.1. The average Bonchev–Trinajstić information content (AvgIpc) is 2.10. The minimum atomic E-state index is -0.273. The minimum absolute atomic E-state index is 0.110. The smallest absolute Gasteiger partial charge is 0.129 e. The standard InChI is InChI=1S/C9H12FNOS/c10-8-2-1-3-9(11)7(8)6-13-5-4-12/h1-3,12H,4-6,11H2. The minimum Gasteiger partial charge on any atom is -0.398 e. The number of hydrogen-bond acceptors (Lipinski definition) is 3. The molecular weight excluding hydrogens is 189 g/mol. The van der Waals surface area contributed by atoms with Gasteiger partial charge in [-0.05, 0) is 12.1 Å². The Morgan fingerprint density at radius 2 is 2.23 bits per heavy atom. The Kier molecular flexibility index (Phi) is 4.05. The van der Waals surface area contributed by atoms with Crippen molar-refractivity contribution in [3.8, 4) is 0 Å². The second-order valence-corrected chi connectivity index (χ2v) is 3.69. The van der Waals surface area contributed by atoms with Gasteiger partial charge in [0.2, 0.25) is 0 Å². The van der Waals surface area contributed by atoms with Gasteiger partial charge in [-0.3, -0.25) is 0 Å². The molecule has 0 saturated carbocycles. The normalized spacial score (nSPS) is 10.3. The zero-order valence-electron chi connectivity index (χ0n) is 7.16. The average molecular weight is 201 g/mol. The zero-order valence-corrected chi connectivity index (χ0v) is 7.98. The Morgan fingerprint density at radius 3 is 2.85 bits per heavy atom. The third-order valence-corrected chi connectivity index (χ3v) is 2.60. The molecule has 0 amide bonds. The molecule has 0 spiro atoms. The fourth-order valence-corrected chi connectivity index (χ4v) is 1.75. The summed E-state index contributed by atoms with van der Waals surface area (Å²) in [6, 6.07) is 4.66. The van der Waals surface area contributed by atoms with Crippen molar-refractivity contribution in [2.24, 2.45) is 0 Å². The zero-order chi connectivity index (χ0) is 9.68. The molecule has 0 atom stereocenters. The molecule has 1 aromatic carbocycles. The second kappa shape index (κ2) is 5.09. The molecule has 4 heteroatoms. The van der Waals surface area contributed by atoms with E-state index in [1.54, 1.807) is 12.1 Å². The van der Waals surface area contributed by atoms with E-state index in [0.717, 1.165) is 0 Å². The van der Waals surface area contributed by atoms with Gasteiger partial charge in [0.05, 0.1) is 6.61 Å². The summed E-state index contributed by atoms with van der Waals surface area (Å²) in [7, 11) is 0. The molecular formula is C9H12FNOS. The number of nitrogens with two attached hydrogens (primary N) is 1. The Bertz CT molecular complexity index is 260. The molecule has 0 aliphatic carbocycles. The van der Waals surface area contributed by atoms with Gasteiger partial charge in [0.15, 0.2) is 0 Å². The van der Waals surface area contributed by atoms with Gasteiger partial charge in [0.1, 0.15) is 5.82 Å². The van der Waals surface area contributed by atoms with Crippen molar-refractivity contribution in [3.63, 3.8) is 0 Å². The van der Waals surface area contributed by atoms with E-state index in [-0.39, 0.29) is 12.4 Å². The van der Waals surface area contributed by atoms with E-state index >= 15 is 0 Å². The molecule has 2 nitrogen and oxygen atoms in total. The van der Waals surface area contributed by atoms with Crippen molar-refractivity contribution in [2.45, 2.75) is 5.75 Å². The van der Waals surface area contributed by atoms with Crippen LogP contribution in [0, 0.1) is 5.82 Å². The van der Waals surface area contributed by atoms with Crippen molar-refractivity contribution in [1.29, 1.82) is 0 Å². The van der Waals surface area contributed by atoms with Crippen LogP contribution >= 0.6 is 11.8 Å². The maximum Gasteiger partial charge on any atom is 0.129 e. The molecule has 0 radical (unpaired) electrons. The third-order valence-electron chi connectivity index (χ3n) is 1.64. The molecule has 13 heavy (non-hydrogen) atoms. The number of thioether (sulfide) groups is 1. The highest BCUT2D eigenvalue weighted by Gasteiger charge is 2.04. The molecule has 1 rings (SSSR count). The van der Waals surface area contributed by atoms with Crippen LogP contribution in [0.2, 0.25) is 0 Å². The van der Waals surface area contributed by atoms with Crippen molar-refractivity contribution >= 4 is 17.4 Å². The predicted molar refractivity (Wildman–Crippen MR) is 54.1 cm³/mol. The molecule has 0 aliphatic heterocycles. The molecule has 1 aromatic rings. The molecule has 0 bridgehead atoms. The van der Waals surface area contributed by atoms with Gasteiger partial charge in [-0.1, -0.05) is 6.07 Å². The van der Waals surface area contributed by atoms with E-state index in [1.165, 1.54) is 17.8 Å². The summed E-state index contributed by atoms with van der Waals surface area (Å²) in [6.07, 6.45) is 0. The van der Waals surface area contributed by atoms with Crippen LogP contribution in [0.5, 0.6) is 0 Å². The largest absolute Gasteiger partial charge is 0.398 e. The van der Waals surface area contributed by atoms with E-state index < -0.39 is 0 Å². The molecule has 0 unspecified atom stereocenters. The molecule has 0 saturated heterocycles. The van der Waals surface area contributed by atoms with Gasteiger partial charge < -0.3 is 10.8 Å².